The average molecular weight is 321 g/mol. The summed E-state index contributed by atoms with van der Waals surface area (Å²) in [6, 6.07) is 2.86. The summed E-state index contributed by atoms with van der Waals surface area (Å²) in [7, 11) is 0. The second-order valence-electron chi connectivity index (χ2n) is 6.83. The molecule has 5 nitrogen and oxygen atoms in total. The van der Waals surface area contributed by atoms with Crippen LogP contribution in [0.5, 0.6) is 0 Å². The van der Waals surface area contributed by atoms with E-state index in [1.165, 1.54) is 43.5 Å². The molecule has 130 valence electrons. The van der Waals surface area contributed by atoms with Crippen molar-refractivity contribution in [2.75, 3.05) is 46.1 Å². The summed E-state index contributed by atoms with van der Waals surface area (Å²) in [5.41, 5.74) is 2.49. The van der Waals surface area contributed by atoms with Gasteiger partial charge in [-0.3, -0.25) is 9.58 Å². The van der Waals surface area contributed by atoms with Gasteiger partial charge >= 0.3 is 0 Å². The third kappa shape index (κ3) is 5.03. The molecule has 1 aromatic rings. The molecule has 5 heteroatoms. The van der Waals surface area contributed by atoms with E-state index in [1.54, 1.807) is 0 Å². The van der Waals surface area contributed by atoms with E-state index in [2.05, 4.69) is 22.6 Å². The van der Waals surface area contributed by atoms with Crippen LogP contribution in [-0.2, 0) is 15.9 Å². The lowest BCUT2D eigenvalue weighted by Crippen LogP contribution is -2.38. The second kappa shape index (κ2) is 8.81. The Bertz CT molecular complexity index is 463. The first-order chi connectivity index (χ1) is 11.3. The van der Waals surface area contributed by atoms with E-state index in [4.69, 9.17) is 14.6 Å². The molecule has 2 fully saturated rings. The molecule has 3 rings (SSSR count). The molecule has 1 aromatic heterocycles. The Morgan fingerprint density at radius 2 is 1.96 bits per heavy atom. The standard InChI is InChI=1S/C18H31N3O2/c1-16-15-17(19-21(16)18-5-3-2-4-6-18)7-11-22-12-8-20-9-13-23-14-10-20/h15,18H,2-14H2,1H3. The van der Waals surface area contributed by atoms with Crippen molar-refractivity contribution in [2.45, 2.75) is 51.5 Å². The fourth-order valence-corrected chi connectivity index (χ4v) is 3.67. The minimum absolute atomic E-state index is 0.625. The van der Waals surface area contributed by atoms with Crippen LogP contribution in [-0.4, -0.2) is 60.7 Å². The quantitative estimate of drug-likeness (QED) is 0.724. The van der Waals surface area contributed by atoms with Crippen molar-refractivity contribution in [3.05, 3.63) is 17.5 Å². The molecule has 0 bridgehead atoms. The van der Waals surface area contributed by atoms with Crippen LogP contribution >= 0.6 is 0 Å². The molecule has 0 atom stereocenters. The number of aryl methyl sites for hydroxylation is 1. The molecule has 0 unspecified atom stereocenters. The van der Waals surface area contributed by atoms with Crippen molar-refractivity contribution < 1.29 is 9.47 Å². The average Bonchev–Trinajstić information content (AvgIpc) is 2.97. The Balaban J connectivity index is 1.36. The van der Waals surface area contributed by atoms with Gasteiger partial charge < -0.3 is 9.47 Å². The van der Waals surface area contributed by atoms with Gasteiger partial charge in [-0.15, -0.1) is 0 Å². The number of aromatic nitrogens is 2. The molecule has 23 heavy (non-hydrogen) atoms. The molecule has 0 N–H and O–H groups in total. The normalized spacial score (nSPS) is 20.9. The van der Waals surface area contributed by atoms with E-state index in [0.717, 1.165) is 52.5 Å². The van der Waals surface area contributed by atoms with Crippen molar-refractivity contribution in [3.63, 3.8) is 0 Å². The van der Waals surface area contributed by atoms with Crippen molar-refractivity contribution >= 4 is 0 Å². The molecule has 0 radical (unpaired) electrons. The van der Waals surface area contributed by atoms with Gasteiger partial charge in [-0.05, 0) is 25.8 Å². The first-order valence-corrected chi connectivity index (χ1v) is 9.26. The van der Waals surface area contributed by atoms with E-state index < -0.39 is 0 Å². The van der Waals surface area contributed by atoms with Crippen molar-refractivity contribution in [1.82, 2.24) is 14.7 Å². The van der Waals surface area contributed by atoms with Crippen molar-refractivity contribution in [3.8, 4) is 0 Å². The van der Waals surface area contributed by atoms with Gasteiger partial charge in [-0.2, -0.15) is 5.10 Å². The molecule has 1 aliphatic heterocycles. The first-order valence-electron chi connectivity index (χ1n) is 9.26. The minimum atomic E-state index is 0.625. The SMILES string of the molecule is Cc1cc(CCOCCN2CCOCC2)nn1C1CCCCC1. The first kappa shape index (κ1) is 16.9. The van der Waals surface area contributed by atoms with Gasteiger partial charge in [0.15, 0.2) is 0 Å². The van der Waals surface area contributed by atoms with E-state index in [9.17, 15) is 0 Å². The molecule has 1 saturated heterocycles. The van der Waals surface area contributed by atoms with E-state index in [1.807, 2.05) is 0 Å². The van der Waals surface area contributed by atoms with Crippen LogP contribution in [0.25, 0.3) is 0 Å². The van der Waals surface area contributed by atoms with Crippen molar-refractivity contribution in [2.24, 2.45) is 0 Å². The predicted molar refractivity (Wildman–Crippen MR) is 90.9 cm³/mol. The number of nitrogens with zero attached hydrogens (tertiary/aromatic N) is 3. The smallest absolute Gasteiger partial charge is 0.0650 e. The summed E-state index contributed by atoms with van der Waals surface area (Å²) in [4.78, 5) is 2.41. The van der Waals surface area contributed by atoms with Gasteiger partial charge in [0.25, 0.3) is 0 Å². The van der Waals surface area contributed by atoms with Gasteiger partial charge in [0.1, 0.15) is 0 Å². The summed E-state index contributed by atoms with van der Waals surface area (Å²) in [6.07, 6.45) is 7.59. The van der Waals surface area contributed by atoms with Gasteiger partial charge in [-0.1, -0.05) is 19.3 Å². The number of morpholine rings is 1. The maximum atomic E-state index is 5.80. The maximum absolute atomic E-state index is 5.80. The van der Waals surface area contributed by atoms with Crippen LogP contribution in [0, 0.1) is 6.92 Å². The summed E-state index contributed by atoms with van der Waals surface area (Å²) >= 11 is 0. The summed E-state index contributed by atoms with van der Waals surface area (Å²) < 4.78 is 13.4. The topological polar surface area (TPSA) is 39.5 Å². The van der Waals surface area contributed by atoms with Crippen LogP contribution in [0.1, 0.15) is 49.5 Å². The number of ether oxygens (including phenoxy) is 2. The van der Waals surface area contributed by atoms with Crippen LogP contribution < -0.4 is 0 Å². The zero-order valence-electron chi connectivity index (χ0n) is 14.5. The molecule has 2 heterocycles. The van der Waals surface area contributed by atoms with E-state index in [-0.39, 0.29) is 0 Å². The van der Waals surface area contributed by atoms with Gasteiger partial charge in [-0.25, -0.2) is 0 Å². The largest absolute Gasteiger partial charge is 0.380 e. The van der Waals surface area contributed by atoms with E-state index >= 15 is 0 Å². The summed E-state index contributed by atoms with van der Waals surface area (Å²) in [5.74, 6) is 0. The highest BCUT2D eigenvalue weighted by atomic mass is 16.5. The van der Waals surface area contributed by atoms with Crippen LogP contribution in [0.4, 0.5) is 0 Å². The summed E-state index contributed by atoms with van der Waals surface area (Å²) in [6.45, 7) is 8.57. The Labute approximate surface area is 139 Å². The molecule has 0 amide bonds. The highest BCUT2D eigenvalue weighted by molar-refractivity contribution is 5.10. The molecule has 1 saturated carbocycles. The van der Waals surface area contributed by atoms with Gasteiger partial charge in [0, 0.05) is 31.7 Å². The third-order valence-corrected chi connectivity index (χ3v) is 5.05. The third-order valence-electron chi connectivity index (χ3n) is 5.05. The van der Waals surface area contributed by atoms with Gasteiger partial charge in [0.05, 0.1) is 38.2 Å². The second-order valence-corrected chi connectivity index (χ2v) is 6.83. The molecular weight excluding hydrogens is 290 g/mol. The highest BCUT2D eigenvalue weighted by Crippen LogP contribution is 2.28. The zero-order chi connectivity index (χ0) is 15.9. The summed E-state index contributed by atoms with van der Waals surface area (Å²) in [5, 5.41) is 4.83. The number of hydrogen-bond donors (Lipinski definition) is 0. The predicted octanol–water partition coefficient (Wildman–Crippen LogP) is 2.59. The lowest BCUT2D eigenvalue weighted by atomic mass is 9.95. The highest BCUT2D eigenvalue weighted by Gasteiger charge is 2.18. The molecule has 1 aliphatic carbocycles. The van der Waals surface area contributed by atoms with Crippen LogP contribution in [0.3, 0.4) is 0 Å². The van der Waals surface area contributed by atoms with E-state index in [0.29, 0.717) is 6.04 Å². The Kier molecular flexibility index (Phi) is 6.48. The number of hydrogen-bond acceptors (Lipinski definition) is 4. The molecule has 2 aliphatic rings. The lowest BCUT2D eigenvalue weighted by molar-refractivity contribution is 0.0207. The fraction of sp³-hybridized carbons (Fsp3) is 0.833. The molecule has 0 spiro atoms. The van der Waals surface area contributed by atoms with Crippen LogP contribution in [0.2, 0.25) is 0 Å². The fourth-order valence-electron chi connectivity index (χ4n) is 3.67. The Morgan fingerprint density at radius 3 is 2.74 bits per heavy atom. The Morgan fingerprint density at radius 1 is 1.17 bits per heavy atom. The Hall–Kier alpha value is -0.910. The monoisotopic (exact) mass is 321 g/mol. The number of rotatable bonds is 7. The zero-order valence-corrected chi connectivity index (χ0v) is 14.5. The lowest BCUT2D eigenvalue weighted by Gasteiger charge is -2.26. The maximum Gasteiger partial charge on any atom is 0.0650 e. The van der Waals surface area contributed by atoms with Crippen LogP contribution in [0.15, 0.2) is 6.07 Å². The molecular formula is C18H31N3O2. The molecule has 0 aromatic carbocycles. The van der Waals surface area contributed by atoms with Gasteiger partial charge in [0.2, 0.25) is 0 Å². The minimum Gasteiger partial charge on any atom is -0.380 e. The van der Waals surface area contributed by atoms with Crippen molar-refractivity contribution in [1.29, 1.82) is 0 Å².